The van der Waals surface area contributed by atoms with E-state index < -0.39 is 11.7 Å². The fourth-order valence-corrected chi connectivity index (χ4v) is 3.12. The molecule has 0 heterocycles. The summed E-state index contributed by atoms with van der Waals surface area (Å²) in [5.41, 5.74) is 1.64. The van der Waals surface area contributed by atoms with Crippen molar-refractivity contribution in [1.82, 2.24) is 0 Å². The molecule has 0 N–H and O–H groups in total. The summed E-state index contributed by atoms with van der Waals surface area (Å²) in [6, 6.07) is 29.2. The first-order valence-corrected chi connectivity index (χ1v) is 10.2. The Kier molecular flexibility index (Phi) is 6.66. The highest BCUT2D eigenvalue weighted by molar-refractivity contribution is 5.64. The minimum absolute atomic E-state index is 0.176. The molecule has 0 saturated heterocycles. The van der Waals surface area contributed by atoms with Gasteiger partial charge in [-0.25, -0.2) is 0 Å². The monoisotopic (exact) mass is 444 g/mol. The summed E-state index contributed by atoms with van der Waals surface area (Å²) < 4.78 is 49.8. The maximum absolute atomic E-state index is 12.7. The molecule has 0 aliphatic rings. The van der Waals surface area contributed by atoms with Crippen molar-refractivity contribution in [3.8, 4) is 40.2 Å². The summed E-state index contributed by atoms with van der Waals surface area (Å²) in [6.07, 6.45) is -4.34. The zero-order chi connectivity index (χ0) is 23.1. The molecule has 0 atom stereocenters. The molecule has 5 heteroatoms. The van der Waals surface area contributed by atoms with E-state index in [0.29, 0.717) is 22.8 Å². The summed E-state index contributed by atoms with van der Waals surface area (Å²) >= 11 is 0. The van der Waals surface area contributed by atoms with Gasteiger partial charge in [-0.1, -0.05) is 66.4 Å². The van der Waals surface area contributed by atoms with Crippen molar-refractivity contribution in [1.29, 1.82) is 0 Å². The predicted octanol–water partition coefficient (Wildman–Crippen LogP) is 7.60. The molecule has 4 aromatic carbocycles. The van der Waals surface area contributed by atoms with E-state index in [0.717, 1.165) is 23.3 Å². The van der Waals surface area contributed by atoms with Gasteiger partial charge in [-0.15, -0.1) is 0 Å². The van der Waals surface area contributed by atoms with Crippen molar-refractivity contribution in [2.75, 3.05) is 6.61 Å². The molecule has 0 radical (unpaired) electrons. The molecule has 4 rings (SSSR count). The molecule has 0 bridgehead atoms. The van der Waals surface area contributed by atoms with Crippen LogP contribution in [0.2, 0.25) is 0 Å². The summed E-state index contributed by atoms with van der Waals surface area (Å²) in [5, 5.41) is 0. The maximum Gasteiger partial charge on any atom is 0.416 e. The van der Waals surface area contributed by atoms with Crippen LogP contribution in [0.1, 0.15) is 11.1 Å². The number of ether oxygens (including phenoxy) is 2. The van der Waals surface area contributed by atoms with Crippen LogP contribution in [0.4, 0.5) is 13.2 Å². The Bertz CT molecular complexity index is 1250. The van der Waals surface area contributed by atoms with Crippen molar-refractivity contribution >= 4 is 0 Å². The SMILES string of the molecule is FC(F)(F)c1ccc(-c2ccc(C#CCOc3ccccc3Oc3ccccc3)cc2)cc1. The summed E-state index contributed by atoms with van der Waals surface area (Å²) in [7, 11) is 0. The van der Waals surface area contributed by atoms with E-state index in [2.05, 4.69) is 11.8 Å². The number of hydrogen-bond donors (Lipinski definition) is 0. The molecule has 2 nitrogen and oxygen atoms in total. The Balaban J connectivity index is 1.37. The first-order valence-electron chi connectivity index (χ1n) is 10.2. The molecule has 0 unspecified atom stereocenters. The van der Waals surface area contributed by atoms with Crippen LogP contribution in [-0.4, -0.2) is 6.61 Å². The van der Waals surface area contributed by atoms with Crippen LogP contribution in [-0.2, 0) is 6.18 Å². The van der Waals surface area contributed by atoms with Gasteiger partial charge in [0.25, 0.3) is 0 Å². The number of alkyl halides is 3. The largest absolute Gasteiger partial charge is 0.477 e. The molecule has 0 fully saturated rings. The minimum atomic E-state index is -4.34. The summed E-state index contributed by atoms with van der Waals surface area (Å²) in [6.45, 7) is 0.176. The van der Waals surface area contributed by atoms with E-state index in [1.165, 1.54) is 12.1 Å². The molecule has 0 saturated carbocycles. The molecule has 0 aliphatic carbocycles. The third-order valence-corrected chi connectivity index (χ3v) is 4.78. The Morgan fingerprint density at radius 3 is 1.85 bits per heavy atom. The quantitative estimate of drug-likeness (QED) is 0.295. The Morgan fingerprint density at radius 1 is 0.636 bits per heavy atom. The number of rotatable bonds is 5. The fourth-order valence-electron chi connectivity index (χ4n) is 3.12. The lowest BCUT2D eigenvalue weighted by atomic mass is 10.0. The second-order valence-corrected chi connectivity index (χ2v) is 7.10. The molecule has 0 aromatic heterocycles. The molecular formula is C28H19F3O2. The smallest absolute Gasteiger partial charge is 0.416 e. The van der Waals surface area contributed by atoms with Crippen molar-refractivity contribution in [2.24, 2.45) is 0 Å². The molecule has 33 heavy (non-hydrogen) atoms. The van der Waals surface area contributed by atoms with Crippen LogP contribution in [0.25, 0.3) is 11.1 Å². The van der Waals surface area contributed by atoms with E-state index in [-0.39, 0.29) is 6.61 Å². The van der Waals surface area contributed by atoms with Crippen molar-refractivity contribution < 1.29 is 22.6 Å². The van der Waals surface area contributed by atoms with Gasteiger partial charge in [0.2, 0.25) is 0 Å². The molecule has 164 valence electrons. The zero-order valence-electron chi connectivity index (χ0n) is 17.5. The van der Waals surface area contributed by atoms with E-state index >= 15 is 0 Å². The number of benzene rings is 4. The van der Waals surface area contributed by atoms with E-state index in [1.54, 1.807) is 0 Å². The van der Waals surface area contributed by atoms with Gasteiger partial charge in [-0.2, -0.15) is 13.2 Å². The fraction of sp³-hybridized carbons (Fsp3) is 0.0714. The van der Waals surface area contributed by atoms with Crippen molar-refractivity contribution in [3.63, 3.8) is 0 Å². The lowest BCUT2D eigenvalue weighted by molar-refractivity contribution is -0.137. The summed E-state index contributed by atoms with van der Waals surface area (Å²) in [4.78, 5) is 0. The Hall–Kier alpha value is -4.17. The van der Waals surface area contributed by atoms with Crippen LogP contribution in [0.15, 0.2) is 103 Å². The van der Waals surface area contributed by atoms with E-state index in [9.17, 15) is 13.2 Å². The lowest BCUT2D eigenvalue weighted by Crippen LogP contribution is -2.03. The summed E-state index contributed by atoms with van der Waals surface area (Å²) in [5.74, 6) is 7.91. The molecule has 0 aliphatic heterocycles. The standard InChI is InChI=1S/C28H19F3O2/c29-28(30,31)24-18-16-23(17-19-24)22-14-12-21(13-15-22)7-6-20-32-26-10-4-5-11-27(26)33-25-8-2-1-3-9-25/h1-5,8-19H,20H2. The Morgan fingerprint density at radius 2 is 1.21 bits per heavy atom. The minimum Gasteiger partial charge on any atom is -0.477 e. The number of hydrogen-bond acceptors (Lipinski definition) is 2. The molecule has 4 aromatic rings. The van der Waals surface area contributed by atoms with Crippen LogP contribution in [0.5, 0.6) is 17.2 Å². The van der Waals surface area contributed by atoms with Gasteiger partial charge in [-0.05, 0) is 59.7 Å². The highest BCUT2D eigenvalue weighted by Gasteiger charge is 2.29. The van der Waals surface area contributed by atoms with E-state index in [1.807, 2.05) is 78.9 Å². The van der Waals surface area contributed by atoms with Gasteiger partial charge in [0.1, 0.15) is 12.4 Å². The van der Waals surface area contributed by atoms with Gasteiger partial charge in [0, 0.05) is 5.56 Å². The number of para-hydroxylation sites is 3. The first-order chi connectivity index (χ1) is 16.0. The van der Waals surface area contributed by atoms with Gasteiger partial charge in [0.15, 0.2) is 11.5 Å². The van der Waals surface area contributed by atoms with Crippen molar-refractivity contribution in [3.05, 3.63) is 114 Å². The average molecular weight is 444 g/mol. The third kappa shape index (κ3) is 5.96. The van der Waals surface area contributed by atoms with Gasteiger partial charge >= 0.3 is 6.18 Å². The van der Waals surface area contributed by atoms with Crippen molar-refractivity contribution in [2.45, 2.75) is 6.18 Å². The van der Waals surface area contributed by atoms with Gasteiger partial charge in [-0.3, -0.25) is 0 Å². The van der Waals surface area contributed by atoms with Gasteiger partial charge < -0.3 is 9.47 Å². The second kappa shape index (κ2) is 9.97. The Labute approximate surface area is 190 Å². The zero-order valence-corrected chi connectivity index (χ0v) is 17.5. The molecular weight excluding hydrogens is 425 g/mol. The molecule has 0 spiro atoms. The lowest BCUT2D eigenvalue weighted by Gasteiger charge is -2.10. The predicted molar refractivity (Wildman–Crippen MR) is 122 cm³/mol. The van der Waals surface area contributed by atoms with Gasteiger partial charge in [0.05, 0.1) is 5.56 Å². The topological polar surface area (TPSA) is 18.5 Å². The normalized spacial score (nSPS) is 10.8. The maximum atomic E-state index is 12.7. The molecule has 0 amide bonds. The van der Waals surface area contributed by atoms with Crippen LogP contribution in [0.3, 0.4) is 0 Å². The number of halogens is 3. The average Bonchev–Trinajstić information content (AvgIpc) is 2.83. The third-order valence-electron chi connectivity index (χ3n) is 4.78. The van der Waals surface area contributed by atoms with Crippen LogP contribution >= 0.6 is 0 Å². The van der Waals surface area contributed by atoms with Crippen LogP contribution in [0, 0.1) is 11.8 Å². The highest BCUT2D eigenvalue weighted by Crippen LogP contribution is 2.32. The first kappa shape index (κ1) is 22.0. The van der Waals surface area contributed by atoms with Crippen LogP contribution < -0.4 is 9.47 Å². The highest BCUT2D eigenvalue weighted by atomic mass is 19.4. The van der Waals surface area contributed by atoms with E-state index in [4.69, 9.17) is 9.47 Å². The second-order valence-electron chi connectivity index (χ2n) is 7.10.